The second-order valence-electron chi connectivity index (χ2n) is 8.86. The van der Waals surface area contributed by atoms with Crippen LogP contribution in [0.5, 0.6) is 0 Å². The minimum atomic E-state index is -0.113. The fourth-order valence-electron chi connectivity index (χ4n) is 4.94. The van der Waals surface area contributed by atoms with E-state index < -0.39 is 0 Å². The molecule has 0 N–H and O–H groups in total. The van der Waals surface area contributed by atoms with E-state index in [-0.39, 0.29) is 17.4 Å². The minimum Gasteiger partial charge on any atom is -0.368 e. The number of halogens is 1. The van der Waals surface area contributed by atoms with Gasteiger partial charge in [-0.05, 0) is 49.2 Å². The molecule has 7 nitrogen and oxygen atoms in total. The van der Waals surface area contributed by atoms with E-state index >= 15 is 0 Å². The minimum absolute atomic E-state index is 0.112. The van der Waals surface area contributed by atoms with Crippen molar-refractivity contribution in [1.82, 2.24) is 14.5 Å². The number of carbonyl (C=O) groups is 1. The SMILES string of the molecule is Cn1c(=O)c(N2CCC[C@H](C(=O)N3CCN(c4ccc(Cl)cc4)CC3)C2)nc2ccccc21. The second kappa shape index (κ2) is 9.06. The van der Waals surface area contributed by atoms with E-state index in [1.54, 1.807) is 11.6 Å². The number of benzene rings is 2. The van der Waals surface area contributed by atoms with Crippen LogP contribution in [0.4, 0.5) is 11.5 Å². The van der Waals surface area contributed by atoms with Crippen LogP contribution in [-0.2, 0) is 11.8 Å². The summed E-state index contributed by atoms with van der Waals surface area (Å²) in [5, 5.41) is 0.727. The van der Waals surface area contributed by atoms with Crippen LogP contribution >= 0.6 is 11.6 Å². The van der Waals surface area contributed by atoms with Crippen molar-refractivity contribution in [1.29, 1.82) is 0 Å². The van der Waals surface area contributed by atoms with Crippen molar-refractivity contribution >= 4 is 40.0 Å². The molecule has 0 spiro atoms. The summed E-state index contributed by atoms with van der Waals surface area (Å²) in [5.41, 5.74) is 2.63. The van der Waals surface area contributed by atoms with E-state index in [0.29, 0.717) is 25.5 Å². The lowest BCUT2D eigenvalue weighted by atomic mass is 9.96. The predicted octanol–water partition coefficient (Wildman–Crippen LogP) is 3.15. The van der Waals surface area contributed by atoms with Crippen molar-refractivity contribution in [2.45, 2.75) is 12.8 Å². The number of piperidine rings is 1. The average Bonchev–Trinajstić information content (AvgIpc) is 2.86. The molecule has 1 atom stereocenters. The summed E-state index contributed by atoms with van der Waals surface area (Å²) >= 11 is 6.00. The van der Waals surface area contributed by atoms with E-state index in [9.17, 15) is 9.59 Å². The maximum Gasteiger partial charge on any atom is 0.293 e. The van der Waals surface area contributed by atoms with Gasteiger partial charge in [0.25, 0.3) is 5.56 Å². The highest BCUT2D eigenvalue weighted by Crippen LogP contribution is 2.25. The number of amides is 1. The Hall–Kier alpha value is -3.06. The molecule has 0 aliphatic carbocycles. The van der Waals surface area contributed by atoms with Gasteiger partial charge in [0.2, 0.25) is 5.91 Å². The van der Waals surface area contributed by atoms with Crippen molar-refractivity contribution in [2.75, 3.05) is 49.1 Å². The van der Waals surface area contributed by atoms with E-state index in [1.165, 1.54) is 0 Å². The van der Waals surface area contributed by atoms with Gasteiger partial charge in [0.15, 0.2) is 5.82 Å². The number of anilines is 2. The van der Waals surface area contributed by atoms with Crippen LogP contribution in [0.2, 0.25) is 5.02 Å². The summed E-state index contributed by atoms with van der Waals surface area (Å²) in [7, 11) is 1.78. The van der Waals surface area contributed by atoms with Gasteiger partial charge in [-0.1, -0.05) is 23.7 Å². The predicted molar refractivity (Wildman–Crippen MR) is 132 cm³/mol. The van der Waals surface area contributed by atoms with E-state index in [4.69, 9.17) is 11.6 Å². The lowest BCUT2D eigenvalue weighted by Gasteiger charge is -2.40. The van der Waals surface area contributed by atoms with Gasteiger partial charge in [-0.15, -0.1) is 0 Å². The third kappa shape index (κ3) is 4.29. The number of para-hydroxylation sites is 2. The Morgan fingerprint density at radius 3 is 2.45 bits per heavy atom. The van der Waals surface area contributed by atoms with Gasteiger partial charge < -0.3 is 19.3 Å². The topological polar surface area (TPSA) is 61.7 Å². The highest BCUT2D eigenvalue weighted by molar-refractivity contribution is 6.30. The van der Waals surface area contributed by atoms with Crippen LogP contribution in [-0.4, -0.2) is 59.6 Å². The molecule has 172 valence electrons. The Morgan fingerprint density at radius 2 is 1.70 bits per heavy atom. The van der Waals surface area contributed by atoms with E-state index in [0.717, 1.165) is 54.2 Å². The van der Waals surface area contributed by atoms with Gasteiger partial charge >= 0.3 is 0 Å². The molecule has 3 aromatic rings. The number of nitrogens with zero attached hydrogens (tertiary/aromatic N) is 5. The van der Waals surface area contributed by atoms with Crippen molar-refractivity contribution in [3.05, 3.63) is 63.9 Å². The zero-order chi connectivity index (χ0) is 22.9. The second-order valence-corrected chi connectivity index (χ2v) is 9.30. The number of fused-ring (bicyclic) bond motifs is 1. The summed E-state index contributed by atoms with van der Waals surface area (Å²) in [5.74, 6) is 0.521. The van der Waals surface area contributed by atoms with Crippen molar-refractivity contribution in [3.63, 3.8) is 0 Å². The van der Waals surface area contributed by atoms with Gasteiger partial charge in [-0.25, -0.2) is 4.98 Å². The maximum atomic E-state index is 13.3. The van der Waals surface area contributed by atoms with Gasteiger partial charge in [0.1, 0.15) is 0 Å². The van der Waals surface area contributed by atoms with Gasteiger partial charge in [0.05, 0.1) is 17.0 Å². The number of hydrogen-bond donors (Lipinski definition) is 0. The summed E-state index contributed by atoms with van der Waals surface area (Å²) in [4.78, 5) is 37.3. The monoisotopic (exact) mass is 465 g/mol. The van der Waals surface area contributed by atoms with E-state index in [1.807, 2.05) is 58.3 Å². The Balaban J connectivity index is 1.27. The Bertz CT molecular complexity index is 1220. The highest BCUT2D eigenvalue weighted by atomic mass is 35.5. The molecule has 5 rings (SSSR count). The molecule has 2 saturated heterocycles. The summed E-state index contributed by atoms with van der Waals surface area (Å²) in [6.45, 7) is 4.29. The van der Waals surface area contributed by atoms with Crippen LogP contribution in [0.1, 0.15) is 12.8 Å². The molecule has 0 unspecified atom stereocenters. The molecule has 1 amide bonds. The average molecular weight is 466 g/mol. The Labute approximate surface area is 198 Å². The Morgan fingerprint density at radius 1 is 0.970 bits per heavy atom. The molecule has 0 bridgehead atoms. The summed E-state index contributed by atoms with van der Waals surface area (Å²) in [6, 6.07) is 15.5. The van der Waals surface area contributed by atoms with Gasteiger partial charge in [0, 0.05) is 57.0 Å². The Kier molecular flexibility index (Phi) is 5.98. The molecule has 2 aliphatic heterocycles. The normalized spacial score (nSPS) is 19.2. The fraction of sp³-hybridized carbons (Fsp3) is 0.400. The molecule has 2 aromatic carbocycles. The van der Waals surface area contributed by atoms with E-state index in [2.05, 4.69) is 9.88 Å². The summed E-state index contributed by atoms with van der Waals surface area (Å²) in [6.07, 6.45) is 1.72. The first kappa shape index (κ1) is 21.8. The molecule has 2 fully saturated rings. The van der Waals surface area contributed by atoms with Crippen molar-refractivity contribution < 1.29 is 4.79 Å². The van der Waals surface area contributed by atoms with Crippen LogP contribution in [0.25, 0.3) is 11.0 Å². The third-order valence-electron chi connectivity index (χ3n) is 6.82. The summed E-state index contributed by atoms with van der Waals surface area (Å²) < 4.78 is 1.65. The quantitative estimate of drug-likeness (QED) is 0.594. The number of aromatic nitrogens is 2. The molecule has 33 heavy (non-hydrogen) atoms. The molecule has 3 heterocycles. The molecular formula is C25H28ClN5O2. The zero-order valence-electron chi connectivity index (χ0n) is 18.8. The van der Waals surface area contributed by atoms with Crippen LogP contribution < -0.4 is 15.4 Å². The maximum absolute atomic E-state index is 13.3. The van der Waals surface area contributed by atoms with Crippen molar-refractivity contribution in [2.24, 2.45) is 13.0 Å². The van der Waals surface area contributed by atoms with Crippen molar-refractivity contribution in [3.8, 4) is 0 Å². The molecule has 1 aromatic heterocycles. The molecule has 2 aliphatic rings. The molecule has 8 heteroatoms. The fourth-order valence-corrected chi connectivity index (χ4v) is 5.06. The molecular weight excluding hydrogens is 438 g/mol. The number of rotatable bonds is 3. The number of carbonyl (C=O) groups excluding carboxylic acids is 1. The number of piperazine rings is 1. The molecule has 0 radical (unpaired) electrons. The lowest BCUT2D eigenvalue weighted by molar-refractivity contribution is -0.136. The van der Waals surface area contributed by atoms with Crippen LogP contribution in [0.15, 0.2) is 53.3 Å². The smallest absolute Gasteiger partial charge is 0.293 e. The largest absolute Gasteiger partial charge is 0.368 e. The van der Waals surface area contributed by atoms with Gasteiger partial charge in [-0.2, -0.15) is 0 Å². The third-order valence-corrected chi connectivity index (χ3v) is 7.07. The van der Waals surface area contributed by atoms with Crippen LogP contribution in [0, 0.1) is 5.92 Å². The van der Waals surface area contributed by atoms with Gasteiger partial charge in [-0.3, -0.25) is 9.59 Å². The molecule has 0 saturated carbocycles. The first-order valence-corrected chi connectivity index (χ1v) is 11.9. The number of hydrogen-bond acceptors (Lipinski definition) is 5. The number of aryl methyl sites for hydroxylation is 1. The zero-order valence-corrected chi connectivity index (χ0v) is 19.5. The van der Waals surface area contributed by atoms with Crippen LogP contribution in [0.3, 0.4) is 0 Å². The highest BCUT2D eigenvalue weighted by Gasteiger charge is 2.32. The standard InChI is InChI=1S/C25H28ClN5O2/c1-28-22-7-3-2-6-21(22)27-23(25(28)33)31-12-4-5-18(17-31)24(32)30-15-13-29(14-16-30)20-10-8-19(26)9-11-20/h2-3,6-11,18H,4-5,12-17H2,1H3/t18-/m0/s1. The first-order chi connectivity index (χ1) is 16.0. The lowest BCUT2D eigenvalue weighted by Crippen LogP contribution is -2.53. The first-order valence-electron chi connectivity index (χ1n) is 11.5.